The lowest BCUT2D eigenvalue weighted by Gasteiger charge is -2.18. The lowest BCUT2D eigenvalue weighted by atomic mass is 10.1. The van der Waals surface area contributed by atoms with E-state index in [1.54, 1.807) is 0 Å². The van der Waals surface area contributed by atoms with Crippen molar-refractivity contribution in [3.63, 3.8) is 0 Å². The number of amides is 1. The van der Waals surface area contributed by atoms with E-state index in [-0.39, 0.29) is 17.7 Å². The van der Waals surface area contributed by atoms with E-state index in [2.05, 4.69) is 5.32 Å². The van der Waals surface area contributed by atoms with Crippen LogP contribution in [0.25, 0.3) is 0 Å². The molecule has 104 valence electrons. The monoisotopic (exact) mass is 268 g/mol. The number of carbonyl (C=O) groups excluding carboxylic acids is 1. The summed E-state index contributed by atoms with van der Waals surface area (Å²) in [6, 6.07) is 3.80. The van der Waals surface area contributed by atoms with Crippen molar-refractivity contribution in [2.75, 3.05) is 6.54 Å². The molecule has 0 aliphatic heterocycles. The fourth-order valence-electron chi connectivity index (χ4n) is 2.04. The highest BCUT2D eigenvalue weighted by molar-refractivity contribution is 5.82. The number of hydrogen-bond donors (Lipinski definition) is 2. The summed E-state index contributed by atoms with van der Waals surface area (Å²) in [5.41, 5.74) is 6.00. The molecule has 19 heavy (non-hydrogen) atoms. The molecule has 3 N–H and O–H groups in total. The average Bonchev–Trinajstić information content (AvgIpc) is 3.09. The Morgan fingerprint density at radius 1 is 1.42 bits per heavy atom. The van der Waals surface area contributed by atoms with Gasteiger partial charge in [-0.2, -0.15) is 0 Å². The van der Waals surface area contributed by atoms with Gasteiger partial charge in [0.25, 0.3) is 0 Å². The second-order valence-corrected chi connectivity index (χ2v) is 5.83. The van der Waals surface area contributed by atoms with Crippen molar-refractivity contribution in [3.05, 3.63) is 35.4 Å². The first-order valence-electron chi connectivity index (χ1n) is 6.29. The lowest BCUT2D eigenvalue weighted by molar-refractivity contribution is -0.122. The van der Waals surface area contributed by atoms with E-state index in [0.29, 0.717) is 18.5 Å². The van der Waals surface area contributed by atoms with Gasteiger partial charge in [-0.25, -0.2) is 8.78 Å². The van der Waals surface area contributed by atoms with Crippen molar-refractivity contribution in [2.24, 2.45) is 11.7 Å². The minimum absolute atomic E-state index is 0.0176. The minimum atomic E-state index is -0.869. The smallest absolute Gasteiger partial charge is 0.223 e. The average molecular weight is 268 g/mol. The lowest BCUT2D eigenvalue weighted by Crippen LogP contribution is -2.45. The van der Waals surface area contributed by atoms with E-state index in [9.17, 15) is 13.6 Å². The molecule has 0 aromatic heterocycles. The minimum Gasteiger partial charge on any atom is -0.354 e. The topological polar surface area (TPSA) is 55.1 Å². The van der Waals surface area contributed by atoms with Crippen molar-refractivity contribution in [1.82, 2.24) is 5.32 Å². The Kier molecular flexibility index (Phi) is 3.58. The van der Waals surface area contributed by atoms with E-state index in [0.717, 1.165) is 6.07 Å². The summed E-state index contributed by atoms with van der Waals surface area (Å²) < 4.78 is 25.9. The first-order valence-corrected chi connectivity index (χ1v) is 6.29. The fraction of sp³-hybridized carbons (Fsp3) is 0.500. The zero-order valence-electron chi connectivity index (χ0n) is 11.0. The highest BCUT2D eigenvalue weighted by atomic mass is 19.2. The number of hydrogen-bond acceptors (Lipinski definition) is 2. The Hall–Kier alpha value is -1.49. The molecular formula is C14H18F2N2O. The molecule has 1 fully saturated rings. The molecule has 3 nitrogen and oxygen atoms in total. The van der Waals surface area contributed by atoms with Crippen LogP contribution in [0.1, 0.15) is 31.7 Å². The number of carbonyl (C=O) groups is 1. The molecule has 0 radical (unpaired) electrons. The molecule has 5 heteroatoms. The van der Waals surface area contributed by atoms with Crippen molar-refractivity contribution >= 4 is 5.91 Å². The molecule has 2 unspecified atom stereocenters. The van der Waals surface area contributed by atoms with Gasteiger partial charge in [-0.05, 0) is 43.9 Å². The van der Waals surface area contributed by atoms with Gasteiger partial charge in [-0.15, -0.1) is 0 Å². The molecule has 1 amide bonds. The summed E-state index contributed by atoms with van der Waals surface area (Å²) in [5, 5.41) is 2.78. The van der Waals surface area contributed by atoms with Gasteiger partial charge in [0.2, 0.25) is 5.91 Å². The third-order valence-electron chi connectivity index (χ3n) is 3.22. The van der Waals surface area contributed by atoms with Crippen LogP contribution >= 0.6 is 0 Å². The highest BCUT2D eigenvalue weighted by Gasteiger charge is 2.44. The van der Waals surface area contributed by atoms with E-state index >= 15 is 0 Å². The van der Waals surface area contributed by atoms with Gasteiger partial charge in [-0.1, -0.05) is 6.07 Å². The quantitative estimate of drug-likeness (QED) is 0.876. The van der Waals surface area contributed by atoms with Crippen LogP contribution in [0.2, 0.25) is 0 Å². The van der Waals surface area contributed by atoms with Crippen LogP contribution in [-0.4, -0.2) is 18.0 Å². The Labute approximate surface area is 111 Å². The fourth-order valence-corrected chi connectivity index (χ4v) is 2.04. The third kappa shape index (κ3) is 3.50. The van der Waals surface area contributed by atoms with Crippen molar-refractivity contribution in [2.45, 2.75) is 31.7 Å². The molecule has 0 saturated heterocycles. The van der Waals surface area contributed by atoms with Crippen LogP contribution in [0.5, 0.6) is 0 Å². The van der Waals surface area contributed by atoms with Crippen LogP contribution in [0.3, 0.4) is 0 Å². The SMILES string of the molecule is CC(C)(N)CNC(=O)C1CC1c1ccc(F)c(F)c1. The van der Waals surface area contributed by atoms with Crippen LogP contribution in [0.4, 0.5) is 8.78 Å². The predicted molar refractivity (Wildman–Crippen MR) is 68.5 cm³/mol. The van der Waals surface area contributed by atoms with Crippen LogP contribution in [0, 0.1) is 17.6 Å². The Balaban J connectivity index is 1.93. The van der Waals surface area contributed by atoms with Crippen LogP contribution in [0.15, 0.2) is 18.2 Å². The molecule has 2 rings (SSSR count). The normalized spacial score (nSPS) is 22.2. The number of benzene rings is 1. The molecular weight excluding hydrogens is 250 g/mol. The van der Waals surface area contributed by atoms with Gasteiger partial charge >= 0.3 is 0 Å². The van der Waals surface area contributed by atoms with Gasteiger partial charge in [0.05, 0.1) is 0 Å². The molecule has 1 saturated carbocycles. The van der Waals surface area contributed by atoms with E-state index in [1.807, 2.05) is 13.8 Å². The summed E-state index contributed by atoms with van der Waals surface area (Å²) in [4.78, 5) is 11.9. The summed E-state index contributed by atoms with van der Waals surface area (Å²) in [6.45, 7) is 4.05. The van der Waals surface area contributed by atoms with Crippen molar-refractivity contribution < 1.29 is 13.6 Å². The second kappa shape index (κ2) is 4.89. The molecule has 1 aromatic carbocycles. The predicted octanol–water partition coefficient (Wildman–Crippen LogP) is 1.92. The number of nitrogens with two attached hydrogens (primary N) is 1. The molecule has 0 bridgehead atoms. The van der Waals surface area contributed by atoms with E-state index in [4.69, 9.17) is 5.73 Å². The van der Waals surface area contributed by atoms with E-state index in [1.165, 1.54) is 12.1 Å². The standard InChI is InChI=1S/C14H18F2N2O/c1-14(2,17)7-18-13(19)10-6-9(10)8-3-4-11(15)12(16)5-8/h3-5,9-10H,6-7,17H2,1-2H3,(H,18,19). The maximum absolute atomic E-state index is 13.1. The van der Waals surface area contributed by atoms with Crippen molar-refractivity contribution in [3.8, 4) is 0 Å². The summed E-state index contributed by atoms with van der Waals surface area (Å²) in [6.07, 6.45) is 0.669. The summed E-state index contributed by atoms with van der Waals surface area (Å²) >= 11 is 0. The first-order chi connectivity index (χ1) is 8.78. The van der Waals surface area contributed by atoms with Gasteiger partial charge in [0.15, 0.2) is 11.6 Å². The zero-order valence-corrected chi connectivity index (χ0v) is 11.0. The summed E-state index contributed by atoms with van der Waals surface area (Å²) in [7, 11) is 0. The summed E-state index contributed by atoms with van der Waals surface area (Å²) in [5.74, 6) is -1.99. The zero-order chi connectivity index (χ0) is 14.2. The van der Waals surface area contributed by atoms with Gasteiger partial charge in [0, 0.05) is 18.0 Å². The largest absolute Gasteiger partial charge is 0.354 e. The van der Waals surface area contributed by atoms with Gasteiger partial charge < -0.3 is 11.1 Å². The maximum Gasteiger partial charge on any atom is 0.223 e. The Bertz CT molecular complexity index is 497. The van der Waals surface area contributed by atoms with Crippen molar-refractivity contribution in [1.29, 1.82) is 0 Å². The molecule has 0 spiro atoms. The molecule has 1 aromatic rings. The van der Waals surface area contributed by atoms with E-state index < -0.39 is 17.2 Å². The van der Waals surface area contributed by atoms with Gasteiger partial charge in [0.1, 0.15) is 0 Å². The third-order valence-corrected chi connectivity index (χ3v) is 3.22. The van der Waals surface area contributed by atoms with Crippen LogP contribution in [-0.2, 0) is 4.79 Å². The first kappa shape index (κ1) is 13.9. The van der Waals surface area contributed by atoms with Crippen LogP contribution < -0.4 is 11.1 Å². The molecule has 1 aliphatic carbocycles. The Morgan fingerprint density at radius 3 is 2.68 bits per heavy atom. The number of rotatable bonds is 4. The second-order valence-electron chi connectivity index (χ2n) is 5.83. The molecule has 2 atom stereocenters. The number of nitrogens with one attached hydrogen (secondary N) is 1. The maximum atomic E-state index is 13.1. The molecule has 1 aliphatic rings. The van der Waals surface area contributed by atoms with Gasteiger partial charge in [-0.3, -0.25) is 4.79 Å². The number of halogens is 2. The Morgan fingerprint density at radius 2 is 2.11 bits per heavy atom. The highest BCUT2D eigenvalue weighted by Crippen LogP contribution is 2.47. The molecule has 0 heterocycles.